The van der Waals surface area contributed by atoms with Crippen LogP contribution in [0.2, 0.25) is 0 Å². The second-order valence-electron chi connectivity index (χ2n) is 2.67. The Labute approximate surface area is 85.5 Å². The van der Waals surface area contributed by atoms with Crippen molar-refractivity contribution in [3.05, 3.63) is 35.1 Å². The molecule has 76 valence electrons. The highest BCUT2D eigenvalue weighted by Crippen LogP contribution is 2.10. The fourth-order valence-corrected chi connectivity index (χ4v) is 0.990. The van der Waals surface area contributed by atoms with Gasteiger partial charge in [-0.1, -0.05) is 11.8 Å². The molecule has 1 aromatic carbocycles. The largest absolute Gasteiger partial charge is 0.478 e. The van der Waals surface area contributed by atoms with E-state index in [0.717, 1.165) is 12.1 Å². The number of carboxylic acids is 1. The van der Waals surface area contributed by atoms with Gasteiger partial charge in [0.15, 0.2) is 0 Å². The third-order valence-corrected chi connectivity index (χ3v) is 1.62. The van der Waals surface area contributed by atoms with Crippen LogP contribution in [0.3, 0.4) is 0 Å². The van der Waals surface area contributed by atoms with Crippen molar-refractivity contribution in [1.29, 1.82) is 0 Å². The van der Waals surface area contributed by atoms with Crippen molar-refractivity contribution in [3.63, 3.8) is 0 Å². The summed E-state index contributed by atoms with van der Waals surface area (Å²) in [4.78, 5) is 20.7. The van der Waals surface area contributed by atoms with Gasteiger partial charge in [0.05, 0.1) is 12.0 Å². The molecule has 0 saturated carbocycles. The van der Waals surface area contributed by atoms with Crippen molar-refractivity contribution < 1.29 is 19.1 Å². The van der Waals surface area contributed by atoms with E-state index >= 15 is 0 Å². The number of halogens is 1. The normalized spacial score (nSPS) is 8.87. The first-order valence-electron chi connectivity index (χ1n) is 4.10. The van der Waals surface area contributed by atoms with E-state index in [-0.39, 0.29) is 17.5 Å². The molecule has 1 rings (SSSR count). The number of rotatable bonds is 2. The number of carbonyl (C=O) groups is 2. The molecule has 0 amide bonds. The molecule has 0 spiro atoms. The minimum Gasteiger partial charge on any atom is -0.478 e. The van der Waals surface area contributed by atoms with E-state index in [4.69, 9.17) is 5.11 Å². The maximum atomic E-state index is 12.7. The first kappa shape index (κ1) is 10.9. The van der Waals surface area contributed by atoms with Crippen LogP contribution in [0.15, 0.2) is 18.2 Å². The van der Waals surface area contributed by atoms with Crippen LogP contribution in [0.5, 0.6) is 0 Å². The molecule has 1 N–H and O–H groups in total. The molecule has 3 nitrogen and oxygen atoms in total. The lowest BCUT2D eigenvalue weighted by Gasteiger charge is -1.98. The molecule has 4 heteroatoms. The van der Waals surface area contributed by atoms with Gasteiger partial charge in [0, 0.05) is 5.56 Å². The van der Waals surface area contributed by atoms with Gasteiger partial charge in [0.25, 0.3) is 0 Å². The number of hydrogen-bond donors (Lipinski definition) is 1. The summed E-state index contributed by atoms with van der Waals surface area (Å²) in [7, 11) is 0. The van der Waals surface area contributed by atoms with E-state index in [1.54, 1.807) is 0 Å². The van der Waals surface area contributed by atoms with Crippen LogP contribution >= 0.6 is 0 Å². The van der Waals surface area contributed by atoms with Crippen LogP contribution < -0.4 is 0 Å². The summed E-state index contributed by atoms with van der Waals surface area (Å²) in [6.45, 7) is 0. The van der Waals surface area contributed by atoms with Gasteiger partial charge in [0.1, 0.15) is 12.1 Å². The number of benzene rings is 1. The Kier molecular flexibility index (Phi) is 3.58. The summed E-state index contributed by atoms with van der Waals surface area (Å²) in [6.07, 6.45) is 0.632. The number of aldehydes is 1. The molecule has 15 heavy (non-hydrogen) atoms. The molecule has 0 heterocycles. The SMILES string of the molecule is O=CCC#Cc1ccc(F)cc1C(=O)O. The minimum absolute atomic E-state index is 0.0242. The van der Waals surface area contributed by atoms with E-state index in [2.05, 4.69) is 11.8 Å². The van der Waals surface area contributed by atoms with Crippen molar-refractivity contribution in [3.8, 4) is 11.8 Å². The van der Waals surface area contributed by atoms with Crippen molar-refractivity contribution in [2.75, 3.05) is 0 Å². The Hall–Kier alpha value is -2.15. The Morgan fingerprint density at radius 1 is 1.53 bits per heavy atom. The summed E-state index contributed by atoms with van der Waals surface area (Å²) >= 11 is 0. The van der Waals surface area contributed by atoms with Gasteiger partial charge < -0.3 is 9.90 Å². The van der Waals surface area contributed by atoms with Gasteiger partial charge in [-0.05, 0) is 18.2 Å². The van der Waals surface area contributed by atoms with Crippen molar-refractivity contribution in [2.45, 2.75) is 6.42 Å². The number of carboxylic acid groups (broad SMARTS) is 1. The monoisotopic (exact) mass is 206 g/mol. The van der Waals surface area contributed by atoms with Gasteiger partial charge in [-0.2, -0.15) is 0 Å². The van der Waals surface area contributed by atoms with E-state index < -0.39 is 11.8 Å². The second-order valence-corrected chi connectivity index (χ2v) is 2.67. The number of carbonyl (C=O) groups excluding carboxylic acids is 1. The fourth-order valence-electron chi connectivity index (χ4n) is 0.990. The minimum atomic E-state index is -1.25. The highest BCUT2D eigenvalue weighted by Gasteiger charge is 2.09. The van der Waals surface area contributed by atoms with Crippen molar-refractivity contribution in [2.24, 2.45) is 0 Å². The van der Waals surface area contributed by atoms with Crippen LogP contribution in [-0.4, -0.2) is 17.4 Å². The van der Waals surface area contributed by atoms with Crippen LogP contribution in [0.1, 0.15) is 22.3 Å². The Bertz CT molecular complexity index is 455. The molecule has 0 fully saturated rings. The lowest BCUT2D eigenvalue weighted by atomic mass is 10.1. The molecular weight excluding hydrogens is 199 g/mol. The quantitative estimate of drug-likeness (QED) is 0.588. The zero-order valence-corrected chi connectivity index (χ0v) is 7.66. The highest BCUT2D eigenvalue weighted by molar-refractivity contribution is 5.90. The van der Waals surface area contributed by atoms with Gasteiger partial charge in [-0.25, -0.2) is 9.18 Å². The summed E-state index contributed by atoms with van der Waals surface area (Å²) < 4.78 is 12.7. The van der Waals surface area contributed by atoms with Gasteiger partial charge >= 0.3 is 5.97 Å². The van der Waals surface area contributed by atoms with E-state index in [1.807, 2.05) is 0 Å². The zero-order chi connectivity index (χ0) is 11.3. The summed E-state index contributed by atoms with van der Waals surface area (Å²) in [5, 5.41) is 8.74. The predicted molar refractivity (Wildman–Crippen MR) is 50.9 cm³/mol. The van der Waals surface area contributed by atoms with E-state index in [0.29, 0.717) is 6.29 Å². The maximum absolute atomic E-state index is 12.7. The lowest BCUT2D eigenvalue weighted by Crippen LogP contribution is -2.00. The topological polar surface area (TPSA) is 54.4 Å². The molecule has 0 aliphatic heterocycles. The molecule has 0 aromatic heterocycles. The first-order valence-corrected chi connectivity index (χ1v) is 4.10. The summed E-state index contributed by atoms with van der Waals surface area (Å²) in [5.41, 5.74) is -0.000788. The first-order chi connectivity index (χ1) is 7.15. The van der Waals surface area contributed by atoms with E-state index in [9.17, 15) is 14.0 Å². The summed E-state index contributed by atoms with van der Waals surface area (Å²) in [6, 6.07) is 3.29. The fraction of sp³-hybridized carbons (Fsp3) is 0.0909. The molecule has 0 unspecified atom stereocenters. The van der Waals surface area contributed by atoms with Crippen molar-refractivity contribution in [1.82, 2.24) is 0 Å². The molecule has 0 atom stereocenters. The van der Waals surface area contributed by atoms with Crippen molar-refractivity contribution >= 4 is 12.3 Å². The standard InChI is InChI=1S/C11H7FO3/c12-9-5-4-8(3-1-2-6-13)10(7-9)11(14)15/h4-7H,2H2,(H,14,15). The molecule has 0 saturated heterocycles. The van der Waals surface area contributed by atoms with Gasteiger partial charge in [0.2, 0.25) is 0 Å². The Morgan fingerprint density at radius 3 is 2.87 bits per heavy atom. The highest BCUT2D eigenvalue weighted by atomic mass is 19.1. The molecular formula is C11H7FO3. The van der Waals surface area contributed by atoms with Gasteiger partial charge in [-0.3, -0.25) is 0 Å². The average Bonchev–Trinajstić information content (AvgIpc) is 2.20. The molecule has 0 aliphatic carbocycles. The summed E-state index contributed by atoms with van der Waals surface area (Å²) in [5.74, 6) is 3.08. The second kappa shape index (κ2) is 4.91. The van der Waals surface area contributed by atoms with Gasteiger partial charge in [-0.15, -0.1) is 0 Å². The van der Waals surface area contributed by atoms with Crippen LogP contribution in [0.25, 0.3) is 0 Å². The Morgan fingerprint density at radius 2 is 2.27 bits per heavy atom. The molecule has 0 bridgehead atoms. The van der Waals surface area contributed by atoms with Crippen LogP contribution in [0, 0.1) is 17.7 Å². The van der Waals surface area contributed by atoms with Crippen LogP contribution in [0.4, 0.5) is 4.39 Å². The number of aromatic carboxylic acids is 1. The predicted octanol–water partition coefficient (Wildman–Crippen LogP) is 1.46. The number of hydrogen-bond acceptors (Lipinski definition) is 2. The average molecular weight is 206 g/mol. The molecule has 0 aliphatic rings. The maximum Gasteiger partial charge on any atom is 0.337 e. The van der Waals surface area contributed by atoms with E-state index in [1.165, 1.54) is 6.07 Å². The third-order valence-electron chi connectivity index (χ3n) is 1.62. The smallest absolute Gasteiger partial charge is 0.337 e. The Balaban J connectivity index is 3.13. The van der Waals surface area contributed by atoms with Crippen LogP contribution in [-0.2, 0) is 4.79 Å². The lowest BCUT2D eigenvalue weighted by molar-refractivity contribution is -0.107. The molecule has 0 radical (unpaired) electrons. The third kappa shape index (κ3) is 2.92. The zero-order valence-electron chi connectivity index (χ0n) is 7.66. The molecule has 1 aromatic rings.